The number of hydrogen-bond acceptors (Lipinski definition) is 1. The molecule has 0 saturated carbocycles. The summed E-state index contributed by atoms with van der Waals surface area (Å²) in [6.07, 6.45) is -0.102. The Morgan fingerprint density at radius 3 is 2.13 bits per heavy atom. The number of hydrogen-bond donors (Lipinski definition) is 1. The highest BCUT2D eigenvalue weighted by Gasteiger charge is 2.25. The van der Waals surface area contributed by atoms with Gasteiger partial charge in [-0.3, -0.25) is 0 Å². The number of rotatable bonds is 2. The average Bonchev–Trinajstić information content (AvgIpc) is 2.15. The van der Waals surface area contributed by atoms with Crippen LogP contribution in [0, 0.1) is 24.4 Å². The molecule has 0 spiro atoms. The molecular weight excluding hydrogens is 209 g/mol. The van der Waals surface area contributed by atoms with Gasteiger partial charge in [0.1, 0.15) is 11.4 Å². The fraction of sp³-hybridized carbons (Fsp3) is 0.300. The average molecular weight is 218 g/mol. The van der Waals surface area contributed by atoms with Crippen molar-refractivity contribution in [2.75, 3.05) is 0 Å². The van der Waals surface area contributed by atoms with Gasteiger partial charge in [0.05, 0.1) is 0 Å². The molecule has 15 heavy (non-hydrogen) atoms. The molecule has 0 aromatic heterocycles. The first kappa shape index (κ1) is 11.6. The highest BCUT2D eigenvalue weighted by molar-refractivity contribution is 5.90. The van der Waals surface area contributed by atoms with E-state index in [2.05, 4.69) is 0 Å². The zero-order valence-electron chi connectivity index (χ0n) is 8.20. The molecular formula is C10H9F3O2. The van der Waals surface area contributed by atoms with Crippen molar-refractivity contribution >= 4 is 5.97 Å². The van der Waals surface area contributed by atoms with E-state index in [1.807, 2.05) is 0 Å². The van der Waals surface area contributed by atoms with Crippen LogP contribution < -0.4 is 0 Å². The quantitative estimate of drug-likeness (QED) is 0.775. The van der Waals surface area contributed by atoms with Crippen LogP contribution in [0.15, 0.2) is 0 Å². The lowest BCUT2D eigenvalue weighted by Crippen LogP contribution is -2.11. The number of carbonyl (C=O) groups is 1. The largest absolute Gasteiger partial charge is 0.478 e. The van der Waals surface area contributed by atoms with Crippen LogP contribution in [-0.4, -0.2) is 11.1 Å². The lowest BCUT2D eigenvalue weighted by molar-refractivity contribution is 0.0689. The Balaban J connectivity index is 3.68. The van der Waals surface area contributed by atoms with Crippen LogP contribution in [0.1, 0.15) is 28.4 Å². The fourth-order valence-electron chi connectivity index (χ4n) is 1.38. The third kappa shape index (κ3) is 1.69. The van der Waals surface area contributed by atoms with E-state index in [9.17, 15) is 18.0 Å². The third-order valence-electron chi connectivity index (χ3n) is 2.21. The number of carboxylic acids is 1. The zero-order chi connectivity index (χ0) is 11.7. The summed E-state index contributed by atoms with van der Waals surface area (Å²) in [4.78, 5) is 10.6. The molecule has 2 nitrogen and oxygen atoms in total. The predicted octanol–water partition coefficient (Wildman–Crippen LogP) is 2.67. The van der Waals surface area contributed by atoms with E-state index in [0.29, 0.717) is 0 Å². The summed E-state index contributed by atoms with van der Waals surface area (Å²) in [5.74, 6) is -5.40. The maximum atomic E-state index is 13.4. The Labute approximate surface area is 84.3 Å². The molecule has 0 radical (unpaired) electrons. The van der Waals surface area contributed by atoms with Gasteiger partial charge in [0.15, 0.2) is 11.6 Å². The molecule has 0 fully saturated rings. The summed E-state index contributed by atoms with van der Waals surface area (Å²) in [6.45, 7) is 2.45. The van der Waals surface area contributed by atoms with Crippen LogP contribution in [0.4, 0.5) is 13.2 Å². The second kappa shape index (κ2) is 3.92. The summed E-state index contributed by atoms with van der Waals surface area (Å²) < 4.78 is 39.8. The van der Waals surface area contributed by atoms with E-state index in [0.717, 1.165) is 6.92 Å². The monoisotopic (exact) mass is 218 g/mol. The molecule has 0 bridgehead atoms. The van der Waals surface area contributed by atoms with Gasteiger partial charge < -0.3 is 5.11 Å². The highest BCUT2D eigenvalue weighted by Crippen LogP contribution is 2.25. The van der Waals surface area contributed by atoms with Crippen LogP contribution >= 0.6 is 0 Å². The topological polar surface area (TPSA) is 37.3 Å². The van der Waals surface area contributed by atoms with Crippen LogP contribution in [0.5, 0.6) is 0 Å². The summed E-state index contributed by atoms with van der Waals surface area (Å²) in [7, 11) is 0. The Hall–Kier alpha value is -1.52. The van der Waals surface area contributed by atoms with Gasteiger partial charge in [-0.1, -0.05) is 6.92 Å². The first-order chi connectivity index (χ1) is 6.91. The van der Waals surface area contributed by atoms with Gasteiger partial charge in [-0.15, -0.1) is 0 Å². The molecule has 82 valence electrons. The SMILES string of the molecule is CCc1c(F)c(F)c(C)c(C(=O)O)c1F. The van der Waals surface area contributed by atoms with E-state index >= 15 is 0 Å². The van der Waals surface area contributed by atoms with Gasteiger partial charge in [0.2, 0.25) is 0 Å². The molecule has 0 aliphatic rings. The molecule has 0 aliphatic heterocycles. The van der Waals surface area contributed by atoms with Crippen molar-refractivity contribution < 1.29 is 23.1 Å². The normalized spacial score (nSPS) is 10.5. The van der Waals surface area contributed by atoms with Crippen molar-refractivity contribution in [3.05, 3.63) is 34.1 Å². The second-order valence-electron chi connectivity index (χ2n) is 3.08. The van der Waals surface area contributed by atoms with E-state index in [1.165, 1.54) is 6.92 Å². The first-order valence-corrected chi connectivity index (χ1v) is 4.31. The van der Waals surface area contributed by atoms with Crippen molar-refractivity contribution in [3.8, 4) is 0 Å². The summed E-state index contributed by atoms with van der Waals surface area (Å²) in [5, 5.41) is 8.65. The Morgan fingerprint density at radius 2 is 1.73 bits per heavy atom. The predicted molar refractivity (Wildman–Crippen MR) is 47.4 cm³/mol. The molecule has 1 aromatic carbocycles. The number of halogens is 3. The maximum absolute atomic E-state index is 13.4. The Morgan fingerprint density at radius 1 is 1.20 bits per heavy atom. The van der Waals surface area contributed by atoms with E-state index in [4.69, 9.17) is 5.11 Å². The van der Waals surface area contributed by atoms with Crippen molar-refractivity contribution in [1.82, 2.24) is 0 Å². The van der Waals surface area contributed by atoms with Crippen molar-refractivity contribution in [3.63, 3.8) is 0 Å². The second-order valence-corrected chi connectivity index (χ2v) is 3.08. The molecule has 1 aromatic rings. The van der Waals surface area contributed by atoms with E-state index < -0.39 is 40.1 Å². The van der Waals surface area contributed by atoms with Crippen molar-refractivity contribution in [2.24, 2.45) is 0 Å². The van der Waals surface area contributed by atoms with Gasteiger partial charge >= 0.3 is 5.97 Å². The van der Waals surface area contributed by atoms with Gasteiger partial charge in [0.25, 0.3) is 0 Å². The molecule has 1 N–H and O–H groups in total. The van der Waals surface area contributed by atoms with Gasteiger partial charge in [0, 0.05) is 11.1 Å². The van der Waals surface area contributed by atoms with Crippen molar-refractivity contribution in [2.45, 2.75) is 20.3 Å². The first-order valence-electron chi connectivity index (χ1n) is 4.31. The van der Waals surface area contributed by atoms with Gasteiger partial charge in [-0.2, -0.15) is 0 Å². The smallest absolute Gasteiger partial charge is 0.339 e. The Bertz CT molecular complexity index is 427. The molecule has 1 rings (SSSR count). The molecule has 0 atom stereocenters. The van der Waals surface area contributed by atoms with Crippen LogP contribution in [0.25, 0.3) is 0 Å². The minimum Gasteiger partial charge on any atom is -0.478 e. The zero-order valence-corrected chi connectivity index (χ0v) is 8.20. The maximum Gasteiger partial charge on any atom is 0.339 e. The molecule has 0 unspecified atom stereocenters. The lowest BCUT2D eigenvalue weighted by atomic mass is 10.0. The summed E-state index contributed by atoms with van der Waals surface area (Å²) >= 11 is 0. The van der Waals surface area contributed by atoms with Crippen LogP contribution in [-0.2, 0) is 6.42 Å². The molecule has 0 aliphatic carbocycles. The van der Waals surface area contributed by atoms with Gasteiger partial charge in [-0.05, 0) is 13.3 Å². The minimum atomic E-state index is -1.60. The molecule has 5 heteroatoms. The number of benzene rings is 1. The molecule has 0 heterocycles. The third-order valence-corrected chi connectivity index (χ3v) is 2.21. The summed E-state index contributed by atoms with van der Waals surface area (Å²) in [5.41, 5.74) is -1.85. The minimum absolute atomic E-state index is 0.102. The van der Waals surface area contributed by atoms with Crippen LogP contribution in [0.3, 0.4) is 0 Å². The standard InChI is InChI=1S/C10H9F3O2/c1-3-5-8(12)6(10(14)15)4(2)7(11)9(5)13/h3H2,1-2H3,(H,14,15). The Kier molecular flexibility index (Phi) is 3.02. The molecule has 0 amide bonds. The highest BCUT2D eigenvalue weighted by atomic mass is 19.2. The fourth-order valence-corrected chi connectivity index (χ4v) is 1.38. The van der Waals surface area contributed by atoms with Crippen LogP contribution in [0.2, 0.25) is 0 Å². The molecule has 0 saturated heterocycles. The van der Waals surface area contributed by atoms with Crippen molar-refractivity contribution in [1.29, 1.82) is 0 Å². The van der Waals surface area contributed by atoms with E-state index in [1.54, 1.807) is 0 Å². The number of carboxylic acid groups (broad SMARTS) is 1. The number of aromatic carboxylic acids is 1. The van der Waals surface area contributed by atoms with Gasteiger partial charge in [-0.25, -0.2) is 18.0 Å². The van der Waals surface area contributed by atoms with E-state index in [-0.39, 0.29) is 6.42 Å². The lowest BCUT2D eigenvalue weighted by Gasteiger charge is -2.09. The summed E-state index contributed by atoms with van der Waals surface area (Å²) in [6, 6.07) is 0.